The molecular formula is C14H12ClF3N4S. The van der Waals surface area contributed by atoms with Crippen molar-refractivity contribution in [3.63, 3.8) is 0 Å². The van der Waals surface area contributed by atoms with Crippen molar-refractivity contribution in [2.24, 2.45) is 0 Å². The van der Waals surface area contributed by atoms with Crippen LogP contribution in [0.3, 0.4) is 0 Å². The van der Waals surface area contributed by atoms with E-state index in [1.54, 1.807) is 0 Å². The molecule has 2 aliphatic carbocycles. The zero-order valence-electron chi connectivity index (χ0n) is 11.8. The number of rotatable bonds is 4. The van der Waals surface area contributed by atoms with Gasteiger partial charge in [-0.25, -0.2) is 4.98 Å². The van der Waals surface area contributed by atoms with Gasteiger partial charge in [0.05, 0.1) is 10.6 Å². The molecule has 2 heterocycles. The molecular weight excluding hydrogens is 349 g/mol. The fourth-order valence-electron chi connectivity index (χ4n) is 2.40. The van der Waals surface area contributed by atoms with Crippen molar-refractivity contribution >= 4 is 23.4 Å². The third kappa shape index (κ3) is 3.06. The van der Waals surface area contributed by atoms with Gasteiger partial charge in [0.1, 0.15) is 10.9 Å². The van der Waals surface area contributed by atoms with Crippen LogP contribution < -0.4 is 0 Å². The lowest BCUT2D eigenvalue weighted by molar-refractivity contribution is -0.137. The summed E-state index contributed by atoms with van der Waals surface area (Å²) in [6.45, 7) is 0. The highest BCUT2D eigenvalue weighted by molar-refractivity contribution is 7.99. The first-order valence-corrected chi connectivity index (χ1v) is 8.48. The monoisotopic (exact) mass is 360 g/mol. The molecule has 0 unspecified atom stereocenters. The molecule has 122 valence electrons. The maximum Gasteiger partial charge on any atom is 0.417 e. The average molecular weight is 361 g/mol. The minimum absolute atomic E-state index is 0.0249. The van der Waals surface area contributed by atoms with Gasteiger partial charge in [-0.2, -0.15) is 13.2 Å². The Kier molecular flexibility index (Phi) is 3.57. The Balaban J connectivity index is 1.63. The number of pyridine rings is 1. The minimum atomic E-state index is -4.45. The summed E-state index contributed by atoms with van der Waals surface area (Å²) in [4.78, 5) is 3.86. The van der Waals surface area contributed by atoms with Crippen LogP contribution in [0.15, 0.2) is 22.4 Å². The van der Waals surface area contributed by atoms with Crippen molar-refractivity contribution < 1.29 is 13.2 Å². The molecule has 2 aromatic rings. The summed E-state index contributed by atoms with van der Waals surface area (Å²) in [6, 6.07) is 1.30. The normalized spacial score (nSPS) is 18.4. The number of hydrogen-bond donors (Lipinski definition) is 0. The Morgan fingerprint density at radius 3 is 2.48 bits per heavy atom. The molecule has 0 saturated heterocycles. The van der Waals surface area contributed by atoms with E-state index in [1.165, 1.54) is 11.8 Å². The summed E-state index contributed by atoms with van der Waals surface area (Å²) < 4.78 is 40.1. The van der Waals surface area contributed by atoms with Crippen LogP contribution in [0.5, 0.6) is 0 Å². The largest absolute Gasteiger partial charge is 0.417 e. The fraction of sp³-hybridized carbons (Fsp3) is 0.500. The van der Waals surface area contributed by atoms with Crippen LogP contribution in [0.4, 0.5) is 13.2 Å². The zero-order chi connectivity index (χ0) is 16.2. The highest BCUT2D eigenvalue weighted by atomic mass is 35.5. The summed E-state index contributed by atoms with van der Waals surface area (Å²) in [7, 11) is 0. The maximum absolute atomic E-state index is 12.7. The van der Waals surface area contributed by atoms with Gasteiger partial charge in [-0.1, -0.05) is 11.6 Å². The topological polar surface area (TPSA) is 43.6 Å². The Labute approximate surface area is 139 Å². The molecule has 2 saturated carbocycles. The van der Waals surface area contributed by atoms with Gasteiger partial charge in [0.25, 0.3) is 0 Å². The summed E-state index contributed by atoms with van der Waals surface area (Å²) in [5.74, 6) is 1.45. The van der Waals surface area contributed by atoms with Crippen molar-refractivity contribution in [3.8, 4) is 0 Å². The Hall–Kier alpha value is -1.28. The standard InChI is InChI=1S/C14H12ClF3N4S/c15-10-5-8(14(16,17)18)6-19-12(10)23-13-21-20-11(7-1-2-7)22(13)9-3-4-9/h5-7,9H,1-4H2. The molecule has 0 atom stereocenters. The maximum atomic E-state index is 12.7. The lowest BCUT2D eigenvalue weighted by Gasteiger charge is -2.10. The van der Waals surface area contributed by atoms with E-state index < -0.39 is 11.7 Å². The molecule has 0 N–H and O–H groups in total. The van der Waals surface area contributed by atoms with E-state index in [0.717, 1.165) is 43.8 Å². The first-order chi connectivity index (χ1) is 10.9. The summed E-state index contributed by atoms with van der Waals surface area (Å²) in [6.07, 6.45) is 0.753. The van der Waals surface area contributed by atoms with Crippen molar-refractivity contribution in [3.05, 3.63) is 28.7 Å². The van der Waals surface area contributed by atoms with Crippen LogP contribution >= 0.6 is 23.4 Å². The van der Waals surface area contributed by atoms with Crippen molar-refractivity contribution in [2.45, 2.75) is 54.0 Å². The molecule has 0 radical (unpaired) electrons. The van der Waals surface area contributed by atoms with Crippen LogP contribution in [0.1, 0.15) is 49.0 Å². The van der Waals surface area contributed by atoms with E-state index in [-0.39, 0.29) is 5.02 Å². The molecule has 0 aromatic carbocycles. The quantitative estimate of drug-likeness (QED) is 0.792. The first-order valence-electron chi connectivity index (χ1n) is 7.29. The molecule has 23 heavy (non-hydrogen) atoms. The van der Waals surface area contributed by atoms with E-state index in [1.807, 2.05) is 0 Å². The smallest absolute Gasteiger partial charge is 0.302 e. The second-order valence-corrected chi connectivity index (χ2v) is 7.19. The van der Waals surface area contributed by atoms with Gasteiger partial charge in [-0.3, -0.25) is 0 Å². The SMILES string of the molecule is FC(F)(F)c1cnc(Sc2nnc(C3CC3)n2C2CC2)c(Cl)c1. The first kappa shape index (κ1) is 15.3. The fourth-order valence-corrected chi connectivity index (χ4v) is 3.54. The number of halogens is 4. The lowest BCUT2D eigenvalue weighted by Crippen LogP contribution is -2.06. The van der Waals surface area contributed by atoms with Gasteiger partial charge in [0, 0.05) is 18.2 Å². The predicted molar refractivity (Wildman–Crippen MR) is 78.6 cm³/mol. The molecule has 0 spiro atoms. The predicted octanol–water partition coefficient (Wildman–Crippen LogP) is 4.71. The van der Waals surface area contributed by atoms with Crippen molar-refractivity contribution in [1.82, 2.24) is 19.7 Å². The van der Waals surface area contributed by atoms with E-state index in [2.05, 4.69) is 19.7 Å². The van der Waals surface area contributed by atoms with Crippen molar-refractivity contribution in [2.75, 3.05) is 0 Å². The van der Waals surface area contributed by atoms with Crippen LogP contribution in [-0.2, 0) is 6.18 Å². The Morgan fingerprint density at radius 1 is 1.17 bits per heavy atom. The second kappa shape index (κ2) is 5.37. The number of alkyl halides is 3. The lowest BCUT2D eigenvalue weighted by atomic mass is 10.3. The Morgan fingerprint density at radius 2 is 1.91 bits per heavy atom. The van der Waals surface area contributed by atoms with Crippen LogP contribution in [0, 0.1) is 0 Å². The summed E-state index contributed by atoms with van der Waals surface area (Å²) in [5.41, 5.74) is -0.853. The molecule has 2 aliphatic rings. The molecule has 9 heteroatoms. The van der Waals surface area contributed by atoms with Gasteiger partial charge < -0.3 is 4.57 Å². The van der Waals surface area contributed by atoms with E-state index in [0.29, 0.717) is 22.1 Å². The third-order valence-electron chi connectivity index (χ3n) is 3.87. The molecule has 2 fully saturated rings. The van der Waals surface area contributed by atoms with E-state index in [4.69, 9.17) is 11.6 Å². The van der Waals surface area contributed by atoms with Gasteiger partial charge in [-0.05, 0) is 43.5 Å². The van der Waals surface area contributed by atoms with E-state index >= 15 is 0 Å². The second-order valence-electron chi connectivity index (χ2n) is 5.83. The molecule has 4 nitrogen and oxygen atoms in total. The summed E-state index contributed by atoms with van der Waals surface area (Å²) in [5, 5.41) is 9.41. The van der Waals surface area contributed by atoms with Crippen LogP contribution in [0.25, 0.3) is 0 Å². The van der Waals surface area contributed by atoms with Gasteiger partial charge in [0.15, 0.2) is 5.16 Å². The number of aromatic nitrogens is 4. The number of nitrogens with zero attached hydrogens (tertiary/aromatic N) is 4. The highest BCUT2D eigenvalue weighted by Crippen LogP contribution is 2.47. The van der Waals surface area contributed by atoms with Gasteiger partial charge >= 0.3 is 6.18 Å². The average Bonchev–Trinajstić information content (AvgIpc) is 3.39. The molecule has 2 aromatic heterocycles. The van der Waals surface area contributed by atoms with Crippen LogP contribution in [0.2, 0.25) is 5.02 Å². The molecule has 0 bridgehead atoms. The third-order valence-corrected chi connectivity index (χ3v) is 5.25. The van der Waals surface area contributed by atoms with Crippen LogP contribution in [-0.4, -0.2) is 19.7 Å². The van der Waals surface area contributed by atoms with Gasteiger partial charge in [-0.15, -0.1) is 10.2 Å². The minimum Gasteiger partial charge on any atom is -0.302 e. The molecule has 0 amide bonds. The summed E-state index contributed by atoms with van der Waals surface area (Å²) >= 11 is 7.15. The van der Waals surface area contributed by atoms with Gasteiger partial charge in [0.2, 0.25) is 0 Å². The Bertz CT molecular complexity index is 753. The van der Waals surface area contributed by atoms with Crippen molar-refractivity contribution in [1.29, 1.82) is 0 Å². The molecule has 4 rings (SSSR count). The number of hydrogen-bond acceptors (Lipinski definition) is 4. The highest BCUT2D eigenvalue weighted by Gasteiger charge is 2.37. The van der Waals surface area contributed by atoms with E-state index in [9.17, 15) is 13.2 Å². The zero-order valence-corrected chi connectivity index (χ0v) is 13.4. The molecule has 0 aliphatic heterocycles.